The van der Waals surface area contributed by atoms with Crippen molar-refractivity contribution in [3.63, 3.8) is 0 Å². The number of nitrogens with one attached hydrogen (secondary N) is 1. The number of carbonyl (C=O) groups excluding carboxylic acids is 1. The van der Waals surface area contributed by atoms with Crippen LogP contribution >= 0.6 is 0 Å². The quantitative estimate of drug-likeness (QED) is 0.146. The number of carbonyl (C=O) groups is 1. The van der Waals surface area contributed by atoms with Crippen LogP contribution in [0.1, 0.15) is 59.4 Å². The molecule has 0 fully saturated rings. The minimum Gasteiger partial charge on any atom is -0.356 e. The van der Waals surface area contributed by atoms with Crippen LogP contribution in [0.3, 0.4) is 0 Å². The molecule has 0 aliphatic carbocycles. The van der Waals surface area contributed by atoms with Crippen molar-refractivity contribution < 1.29 is 30.7 Å². The molecule has 1 atom stereocenters. The summed E-state index contributed by atoms with van der Waals surface area (Å²) in [6.07, 6.45) is 1.75. The molecule has 0 aliphatic heterocycles. The SMILES string of the molecule is CC(C)(C)c1ccc(C(Cc2ccc(C(=O)NCCS(=O)(=O)O)cc2)c2cc(-c3cccc(-c4cccc(S(C)(=O)=O)c4)c3)on2)cc1. The van der Waals surface area contributed by atoms with Crippen LogP contribution in [-0.4, -0.2) is 51.0 Å². The number of sulfone groups is 1. The maximum absolute atomic E-state index is 12.5. The second kappa shape index (κ2) is 13.9. The van der Waals surface area contributed by atoms with Crippen LogP contribution in [0.15, 0.2) is 113 Å². The molecule has 4 aromatic carbocycles. The van der Waals surface area contributed by atoms with Crippen molar-refractivity contribution in [2.45, 2.75) is 43.4 Å². The van der Waals surface area contributed by atoms with Gasteiger partial charge in [0.2, 0.25) is 0 Å². The molecule has 0 saturated carbocycles. The molecule has 1 heterocycles. The van der Waals surface area contributed by atoms with Crippen LogP contribution in [0.25, 0.3) is 22.5 Å². The topological polar surface area (TPSA) is 144 Å². The van der Waals surface area contributed by atoms with Gasteiger partial charge in [-0.3, -0.25) is 9.35 Å². The number of aromatic nitrogens is 1. The molecule has 48 heavy (non-hydrogen) atoms. The summed E-state index contributed by atoms with van der Waals surface area (Å²) in [6.45, 7) is 6.29. The molecular weight excluding hydrogens is 649 g/mol. The summed E-state index contributed by atoms with van der Waals surface area (Å²) >= 11 is 0. The number of hydrogen-bond acceptors (Lipinski definition) is 7. The van der Waals surface area contributed by atoms with Crippen molar-refractivity contribution in [1.82, 2.24) is 10.5 Å². The van der Waals surface area contributed by atoms with Gasteiger partial charge >= 0.3 is 0 Å². The summed E-state index contributed by atoms with van der Waals surface area (Å²) in [7, 11) is -7.53. The first-order valence-electron chi connectivity index (χ1n) is 15.4. The van der Waals surface area contributed by atoms with Crippen molar-refractivity contribution in [2.75, 3.05) is 18.6 Å². The summed E-state index contributed by atoms with van der Waals surface area (Å²) in [5.41, 5.74) is 6.68. The lowest BCUT2D eigenvalue weighted by molar-refractivity contribution is 0.0956. The first-order valence-corrected chi connectivity index (χ1v) is 18.9. The Bertz CT molecular complexity index is 2130. The lowest BCUT2D eigenvalue weighted by atomic mass is 9.83. The first kappa shape index (κ1) is 34.7. The molecule has 250 valence electrons. The van der Waals surface area contributed by atoms with Crippen LogP contribution in [-0.2, 0) is 31.8 Å². The van der Waals surface area contributed by atoms with E-state index >= 15 is 0 Å². The predicted octanol–water partition coefficient (Wildman–Crippen LogP) is 6.70. The van der Waals surface area contributed by atoms with Gasteiger partial charge in [0, 0.05) is 35.9 Å². The van der Waals surface area contributed by atoms with Crippen molar-refractivity contribution in [2.24, 2.45) is 0 Å². The number of hydrogen-bond donors (Lipinski definition) is 2. The lowest BCUT2D eigenvalue weighted by Gasteiger charge is -2.21. The fraction of sp³-hybridized carbons (Fsp3) is 0.243. The van der Waals surface area contributed by atoms with Gasteiger partial charge < -0.3 is 9.84 Å². The third-order valence-electron chi connectivity index (χ3n) is 8.11. The highest BCUT2D eigenvalue weighted by atomic mass is 32.2. The van der Waals surface area contributed by atoms with E-state index in [1.54, 1.807) is 30.3 Å². The van der Waals surface area contributed by atoms with Gasteiger partial charge in [0.1, 0.15) is 0 Å². The second-order valence-electron chi connectivity index (χ2n) is 12.9. The van der Waals surface area contributed by atoms with Crippen LogP contribution in [0.2, 0.25) is 0 Å². The fourth-order valence-corrected chi connectivity index (χ4v) is 6.41. The van der Waals surface area contributed by atoms with Gasteiger partial charge in [-0.15, -0.1) is 0 Å². The van der Waals surface area contributed by atoms with E-state index in [4.69, 9.17) is 9.08 Å². The van der Waals surface area contributed by atoms with E-state index in [0.29, 0.717) is 17.7 Å². The summed E-state index contributed by atoms with van der Waals surface area (Å²) in [6, 6.07) is 31.9. The molecule has 5 aromatic rings. The summed E-state index contributed by atoms with van der Waals surface area (Å²) in [5.74, 6) is -0.613. The van der Waals surface area contributed by atoms with Crippen molar-refractivity contribution >= 4 is 25.9 Å². The molecule has 2 N–H and O–H groups in total. The Labute approximate surface area is 281 Å². The van der Waals surface area contributed by atoms with Crippen molar-refractivity contribution in [3.8, 4) is 22.5 Å². The van der Waals surface area contributed by atoms with E-state index in [9.17, 15) is 21.6 Å². The molecule has 9 nitrogen and oxygen atoms in total. The van der Waals surface area contributed by atoms with E-state index in [-0.39, 0.29) is 22.8 Å². The van der Waals surface area contributed by atoms with Gasteiger partial charge in [-0.2, -0.15) is 8.42 Å². The molecule has 1 aromatic heterocycles. The van der Waals surface area contributed by atoms with Gasteiger partial charge in [-0.1, -0.05) is 92.7 Å². The maximum atomic E-state index is 12.5. The molecule has 0 spiro atoms. The highest BCUT2D eigenvalue weighted by Crippen LogP contribution is 2.34. The highest BCUT2D eigenvalue weighted by Gasteiger charge is 2.22. The highest BCUT2D eigenvalue weighted by molar-refractivity contribution is 7.90. The van der Waals surface area contributed by atoms with Gasteiger partial charge in [-0.05, 0) is 70.0 Å². The molecule has 1 unspecified atom stereocenters. The van der Waals surface area contributed by atoms with Gasteiger partial charge in [0.05, 0.1) is 16.3 Å². The third kappa shape index (κ3) is 8.85. The minimum absolute atomic E-state index is 0.0152. The largest absolute Gasteiger partial charge is 0.356 e. The lowest BCUT2D eigenvalue weighted by Crippen LogP contribution is -2.28. The first-order chi connectivity index (χ1) is 22.6. The molecular formula is C37H38N2O7S2. The average Bonchev–Trinajstić information content (AvgIpc) is 3.53. The van der Waals surface area contributed by atoms with E-state index in [1.165, 1.54) is 11.8 Å². The Morgan fingerprint density at radius 3 is 2.08 bits per heavy atom. The molecule has 0 bridgehead atoms. The Morgan fingerprint density at radius 1 is 0.833 bits per heavy atom. The average molecular weight is 687 g/mol. The summed E-state index contributed by atoms with van der Waals surface area (Å²) < 4.78 is 61.0. The number of nitrogens with zero attached hydrogens (tertiary/aromatic N) is 1. The number of rotatable bonds is 11. The molecule has 0 saturated heterocycles. The van der Waals surface area contributed by atoms with Gasteiger partial charge in [0.25, 0.3) is 16.0 Å². The fourth-order valence-electron chi connectivity index (χ4n) is 5.38. The van der Waals surface area contributed by atoms with Crippen LogP contribution in [0, 0.1) is 0 Å². The molecule has 0 radical (unpaired) electrons. The Hall–Kier alpha value is -4.58. The van der Waals surface area contributed by atoms with E-state index in [1.807, 2.05) is 48.5 Å². The zero-order valence-electron chi connectivity index (χ0n) is 27.2. The minimum atomic E-state index is -4.17. The Balaban J connectivity index is 1.43. The molecule has 1 amide bonds. The Morgan fingerprint density at radius 2 is 1.46 bits per heavy atom. The third-order valence-corrected chi connectivity index (χ3v) is 9.94. The van der Waals surface area contributed by atoms with Gasteiger partial charge in [-0.25, -0.2) is 8.42 Å². The Kier molecular flexibility index (Phi) is 10.0. The van der Waals surface area contributed by atoms with Crippen LogP contribution < -0.4 is 5.32 Å². The monoisotopic (exact) mass is 686 g/mol. The second-order valence-corrected chi connectivity index (χ2v) is 16.5. The van der Waals surface area contributed by atoms with Gasteiger partial charge in [0.15, 0.2) is 15.6 Å². The van der Waals surface area contributed by atoms with Crippen molar-refractivity contribution in [1.29, 1.82) is 0 Å². The summed E-state index contributed by atoms with van der Waals surface area (Å²) in [5, 5.41) is 7.00. The van der Waals surface area contributed by atoms with E-state index in [0.717, 1.165) is 33.5 Å². The predicted molar refractivity (Wildman–Crippen MR) is 186 cm³/mol. The smallest absolute Gasteiger partial charge is 0.266 e. The number of amides is 1. The van der Waals surface area contributed by atoms with E-state index < -0.39 is 31.6 Å². The summed E-state index contributed by atoms with van der Waals surface area (Å²) in [4.78, 5) is 12.7. The van der Waals surface area contributed by atoms with Crippen LogP contribution in [0.5, 0.6) is 0 Å². The van der Waals surface area contributed by atoms with Crippen LogP contribution in [0.4, 0.5) is 0 Å². The maximum Gasteiger partial charge on any atom is 0.266 e. The number of benzene rings is 4. The van der Waals surface area contributed by atoms with Crippen molar-refractivity contribution in [3.05, 3.63) is 131 Å². The zero-order chi connectivity index (χ0) is 34.7. The normalized spacial score (nSPS) is 12.9. The van der Waals surface area contributed by atoms with E-state index in [2.05, 4.69) is 55.5 Å². The molecule has 11 heteroatoms. The standard InChI is InChI=1S/C37H38N2O7S2/c1-37(2,3)31-17-15-26(16-18-31)33(21-25-11-13-27(14-12-25)36(40)38-19-20-48(43,44)45)34-24-35(46-39-34)30-9-5-7-28(22-30)29-8-6-10-32(23-29)47(4,41)42/h5-18,22-24,33H,19-21H2,1-4H3,(H,38,40)(H,43,44,45). The molecule has 0 aliphatic rings. The zero-order valence-corrected chi connectivity index (χ0v) is 28.8. The molecule has 5 rings (SSSR count).